The summed E-state index contributed by atoms with van der Waals surface area (Å²) in [4.78, 5) is 14.8. The van der Waals surface area contributed by atoms with E-state index in [-0.39, 0.29) is 31.4 Å². The second kappa shape index (κ2) is 10.1. The van der Waals surface area contributed by atoms with Crippen LogP contribution in [-0.4, -0.2) is 25.7 Å². The fourth-order valence-corrected chi connectivity index (χ4v) is 4.59. The first kappa shape index (κ1) is 26.0. The number of nitrogens with zero attached hydrogens (tertiary/aromatic N) is 1. The van der Waals surface area contributed by atoms with Gasteiger partial charge < -0.3 is 4.74 Å². The van der Waals surface area contributed by atoms with Crippen molar-refractivity contribution in [2.24, 2.45) is 5.92 Å². The molecule has 1 fully saturated rings. The molecule has 0 spiro atoms. The fraction of sp³-hybridized carbons (Fsp3) is 0.423. The Balaban J connectivity index is 1.74. The predicted octanol–water partition coefficient (Wildman–Crippen LogP) is 6.36. The van der Waals surface area contributed by atoms with Crippen molar-refractivity contribution < 1.29 is 40.3 Å². The second-order valence-corrected chi connectivity index (χ2v) is 8.79. The van der Waals surface area contributed by atoms with Gasteiger partial charge in [0.25, 0.3) is 0 Å². The lowest BCUT2D eigenvalue weighted by Crippen LogP contribution is -2.35. The van der Waals surface area contributed by atoms with E-state index in [4.69, 9.17) is 4.74 Å². The Morgan fingerprint density at radius 3 is 2.33 bits per heavy atom. The third-order valence-corrected chi connectivity index (χ3v) is 6.42. The molecule has 0 N–H and O–H groups in total. The number of ether oxygens (including phenoxy) is 1. The van der Waals surface area contributed by atoms with Crippen LogP contribution in [0.25, 0.3) is 0 Å². The normalized spacial score (nSPS) is 19.4. The van der Waals surface area contributed by atoms with Gasteiger partial charge in [0.2, 0.25) is 5.91 Å². The van der Waals surface area contributed by atoms with E-state index in [2.05, 4.69) is 11.8 Å². The van der Waals surface area contributed by atoms with Crippen LogP contribution in [0.2, 0.25) is 0 Å². The Labute approximate surface area is 203 Å². The van der Waals surface area contributed by atoms with E-state index in [1.807, 2.05) is 0 Å². The number of alkyl halides is 6. The maximum Gasteiger partial charge on any atom is 0.416 e. The topological polar surface area (TPSA) is 29.5 Å². The summed E-state index contributed by atoms with van der Waals surface area (Å²) in [6.45, 7) is 0.966. The standard InChI is InChI=1S/C26H22F7NO2/c27-19-5-8-23-17(14-19)3-6-21(24(35)34(23)11-1-2-16-9-12-36-13-10-16)20-7-4-18(25(28,29)30)15-22(20)26(31,32)33/h4-5,7-8,14-16,21H,3,6,9-13H2. The molecule has 0 aromatic heterocycles. The van der Waals surface area contributed by atoms with Crippen molar-refractivity contribution in [3.05, 3.63) is 64.5 Å². The molecule has 10 heteroatoms. The molecule has 0 aliphatic carbocycles. The molecule has 2 aliphatic rings. The molecule has 3 nitrogen and oxygen atoms in total. The van der Waals surface area contributed by atoms with Crippen molar-refractivity contribution in [3.63, 3.8) is 0 Å². The van der Waals surface area contributed by atoms with Crippen LogP contribution in [0.5, 0.6) is 0 Å². The number of benzene rings is 2. The number of hydrogen-bond acceptors (Lipinski definition) is 2. The molecule has 2 aromatic carbocycles. The first-order valence-electron chi connectivity index (χ1n) is 11.4. The zero-order valence-corrected chi connectivity index (χ0v) is 19.0. The number of hydrogen-bond donors (Lipinski definition) is 0. The van der Waals surface area contributed by atoms with Gasteiger partial charge in [-0.15, -0.1) is 0 Å². The Kier molecular flexibility index (Phi) is 7.32. The van der Waals surface area contributed by atoms with E-state index >= 15 is 0 Å². The van der Waals surface area contributed by atoms with E-state index in [9.17, 15) is 35.5 Å². The summed E-state index contributed by atoms with van der Waals surface area (Å²) in [7, 11) is 0. The minimum atomic E-state index is -5.12. The van der Waals surface area contributed by atoms with Crippen molar-refractivity contribution in [2.75, 3.05) is 24.7 Å². The Hall–Kier alpha value is -3.06. The molecule has 0 bridgehead atoms. The van der Waals surface area contributed by atoms with Crippen molar-refractivity contribution in [2.45, 2.75) is 44.0 Å². The molecule has 1 unspecified atom stereocenters. The molecular formula is C26H22F7NO2. The minimum absolute atomic E-state index is 0.0373. The van der Waals surface area contributed by atoms with Gasteiger partial charge in [0.1, 0.15) is 5.82 Å². The number of anilines is 1. The van der Waals surface area contributed by atoms with Crippen molar-refractivity contribution >= 4 is 11.6 Å². The van der Waals surface area contributed by atoms with Crippen molar-refractivity contribution in [3.8, 4) is 11.8 Å². The lowest BCUT2D eigenvalue weighted by molar-refractivity contribution is -0.143. The number of amides is 1. The highest BCUT2D eigenvalue weighted by Crippen LogP contribution is 2.42. The van der Waals surface area contributed by atoms with Crippen molar-refractivity contribution in [1.82, 2.24) is 0 Å². The number of aryl methyl sites for hydroxylation is 1. The lowest BCUT2D eigenvalue weighted by atomic mass is 9.88. The molecule has 0 radical (unpaired) electrons. The summed E-state index contributed by atoms with van der Waals surface area (Å²) in [5.41, 5.74) is -2.77. The van der Waals surface area contributed by atoms with E-state index in [1.165, 1.54) is 17.0 Å². The average molecular weight is 513 g/mol. The molecular weight excluding hydrogens is 491 g/mol. The Morgan fingerprint density at radius 2 is 1.67 bits per heavy atom. The van der Waals surface area contributed by atoms with Gasteiger partial charge in [-0.2, -0.15) is 26.3 Å². The number of carbonyl (C=O) groups excluding carboxylic acids is 1. The third kappa shape index (κ3) is 5.67. The summed E-state index contributed by atoms with van der Waals surface area (Å²) in [6.07, 6.45) is -8.74. The molecule has 192 valence electrons. The summed E-state index contributed by atoms with van der Waals surface area (Å²) in [5.74, 6) is 3.35. The first-order chi connectivity index (χ1) is 16.9. The molecule has 4 rings (SSSR count). The van der Waals surface area contributed by atoms with Crippen LogP contribution in [0, 0.1) is 23.6 Å². The van der Waals surface area contributed by atoms with Gasteiger partial charge in [-0.05, 0) is 67.1 Å². The summed E-state index contributed by atoms with van der Waals surface area (Å²) in [6, 6.07) is 5.03. The van der Waals surface area contributed by atoms with E-state index in [1.54, 1.807) is 0 Å². The van der Waals surface area contributed by atoms with E-state index < -0.39 is 46.7 Å². The molecule has 1 saturated heterocycles. The van der Waals surface area contributed by atoms with Crippen molar-refractivity contribution in [1.29, 1.82) is 0 Å². The molecule has 2 aromatic rings. The van der Waals surface area contributed by atoms with Crippen LogP contribution in [0.3, 0.4) is 0 Å². The van der Waals surface area contributed by atoms with Crippen LogP contribution >= 0.6 is 0 Å². The van der Waals surface area contributed by atoms with Gasteiger partial charge in [0.15, 0.2) is 0 Å². The maximum atomic E-state index is 13.9. The number of fused-ring (bicyclic) bond motifs is 1. The van der Waals surface area contributed by atoms with E-state index in [0.29, 0.717) is 43.4 Å². The fourth-order valence-electron chi connectivity index (χ4n) is 4.59. The van der Waals surface area contributed by atoms with Crippen LogP contribution < -0.4 is 4.90 Å². The van der Waals surface area contributed by atoms with Gasteiger partial charge in [-0.3, -0.25) is 9.69 Å². The SMILES string of the molecule is O=C1C(c2ccc(C(F)(F)F)cc2C(F)(F)F)CCc2cc(F)ccc2N1CC#CC1CCOCC1. The number of halogens is 7. The molecule has 36 heavy (non-hydrogen) atoms. The van der Waals surface area contributed by atoms with Crippen LogP contribution in [-0.2, 0) is 28.3 Å². The van der Waals surface area contributed by atoms with Crippen LogP contribution in [0.1, 0.15) is 47.4 Å². The number of rotatable bonds is 2. The van der Waals surface area contributed by atoms with E-state index in [0.717, 1.165) is 12.1 Å². The zero-order valence-electron chi connectivity index (χ0n) is 19.0. The maximum absolute atomic E-state index is 13.9. The molecule has 2 aliphatic heterocycles. The summed E-state index contributed by atoms with van der Waals surface area (Å²) >= 11 is 0. The van der Waals surface area contributed by atoms with Gasteiger partial charge in [-0.25, -0.2) is 4.39 Å². The largest absolute Gasteiger partial charge is 0.416 e. The summed E-state index contributed by atoms with van der Waals surface area (Å²) < 4.78 is 100. The zero-order chi connectivity index (χ0) is 26.1. The van der Waals surface area contributed by atoms with Crippen LogP contribution in [0.15, 0.2) is 36.4 Å². The highest BCUT2D eigenvalue weighted by Gasteiger charge is 2.42. The molecule has 1 amide bonds. The highest BCUT2D eigenvalue weighted by molar-refractivity contribution is 6.00. The highest BCUT2D eigenvalue weighted by atomic mass is 19.4. The van der Waals surface area contributed by atoms with Gasteiger partial charge in [0.05, 0.1) is 23.6 Å². The van der Waals surface area contributed by atoms with Gasteiger partial charge in [0, 0.05) is 24.8 Å². The second-order valence-electron chi connectivity index (χ2n) is 8.79. The lowest BCUT2D eigenvalue weighted by Gasteiger charge is -2.26. The smallest absolute Gasteiger partial charge is 0.381 e. The predicted molar refractivity (Wildman–Crippen MR) is 118 cm³/mol. The van der Waals surface area contributed by atoms with Gasteiger partial charge in [-0.1, -0.05) is 17.9 Å². The monoisotopic (exact) mass is 513 g/mol. The first-order valence-corrected chi connectivity index (χ1v) is 11.4. The quantitative estimate of drug-likeness (QED) is 0.346. The Morgan fingerprint density at radius 1 is 0.944 bits per heavy atom. The minimum Gasteiger partial charge on any atom is -0.381 e. The summed E-state index contributed by atoms with van der Waals surface area (Å²) in [5, 5.41) is 0. The van der Waals surface area contributed by atoms with Crippen LogP contribution in [0.4, 0.5) is 36.4 Å². The molecule has 2 heterocycles. The van der Waals surface area contributed by atoms with Gasteiger partial charge >= 0.3 is 12.4 Å². The molecule has 1 atom stereocenters. The average Bonchev–Trinajstić information content (AvgIpc) is 2.94. The Bertz CT molecular complexity index is 1190. The number of carbonyl (C=O) groups is 1. The molecule has 0 saturated carbocycles. The third-order valence-electron chi connectivity index (χ3n) is 6.42.